The summed E-state index contributed by atoms with van der Waals surface area (Å²) in [5.41, 5.74) is 4.45. The van der Waals surface area contributed by atoms with Crippen molar-refractivity contribution in [3.63, 3.8) is 0 Å². The van der Waals surface area contributed by atoms with Gasteiger partial charge in [0.1, 0.15) is 23.5 Å². The molecule has 0 radical (unpaired) electrons. The number of fused-ring (bicyclic) bond motifs is 1. The number of carbonyl (C=O) groups excluding carboxylic acids is 1. The van der Waals surface area contributed by atoms with Gasteiger partial charge in [0.05, 0.1) is 13.1 Å². The van der Waals surface area contributed by atoms with Gasteiger partial charge in [-0.2, -0.15) is 4.98 Å². The highest BCUT2D eigenvalue weighted by molar-refractivity contribution is 5.98. The molecule has 1 amide bonds. The van der Waals surface area contributed by atoms with Crippen LogP contribution in [0, 0.1) is 0 Å². The Hall–Kier alpha value is -3.42. The van der Waals surface area contributed by atoms with E-state index in [0.29, 0.717) is 36.5 Å². The minimum Gasteiger partial charge on any atom is -0.364 e. The van der Waals surface area contributed by atoms with Crippen LogP contribution in [0.1, 0.15) is 79.2 Å². The standard InChI is InChI=1S/C26H32N6O2/c1-17(2)32-16-22-23(25(32)33)28-26(31(3)15-21-13-14-34-30-21)29-24(22)27-20-11-9-19(10-12-20)18-7-5-4-6-8-18/h9-14,17-18H,4-8,15-16H2,1-3H3,(H,27,28,29). The van der Waals surface area contributed by atoms with Crippen molar-refractivity contribution in [2.75, 3.05) is 17.3 Å². The molecule has 1 fully saturated rings. The lowest BCUT2D eigenvalue weighted by molar-refractivity contribution is 0.0726. The summed E-state index contributed by atoms with van der Waals surface area (Å²) < 4.78 is 4.95. The maximum absolute atomic E-state index is 13.1. The smallest absolute Gasteiger partial charge is 0.273 e. The zero-order chi connectivity index (χ0) is 23.7. The zero-order valence-electron chi connectivity index (χ0n) is 20.1. The molecule has 2 aromatic heterocycles. The summed E-state index contributed by atoms with van der Waals surface area (Å²) in [6.45, 7) is 5.02. The Bertz CT molecular complexity index is 1140. The van der Waals surface area contributed by atoms with Crippen molar-refractivity contribution in [2.24, 2.45) is 0 Å². The monoisotopic (exact) mass is 460 g/mol. The van der Waals surface area contributed by atoms with Gasteiger partial charge < -0.3 is 19.6 Å². The fourth-order valence-corrected chi connectivity index (χ4v) is 4.91. The predicted molar refractivity (Wildman–Crippen MR) is 131 cm³/mol. The molecule has 0 spiro atoms. The molecule has 1 saturated carbocycles. The lowest BCUT2D eigenvalue weighted by atomic mass is 9.84. The Balaban J connectivity index is 1.44. The Morgan fingerprint density at radius 1 is 1.12 bits per heavy atom. The van der Waals surface area contributed by atoms with Crippen molar-refractivity contribution in [3.05, 3.63) is 59.1 Å². The van der Waals surface area contributed by atoms with Crippen molar-refractivity contribution >= 4 is 23.4 Å². The second-order valence-corrected chi connectivity index (χ2v) is 9.65. The van der Waals surface area contributed by atoms with Gasteiger partial charge in [-0.25, -0.2) is 4.98 Å². The van der Waals surface area contributed by atoms with Crippen LogP contribution in [0.5, 0.6) is 0 Å². The van der Waals surface area contributed by atoms with Gasteiger partial charge in [-0.05, 0) is 50.3 Å². The van der Waals surface area contributed by atoms with Crippen LogP contribution in [0.4, 0.5) is 17.5 Å². The molecule has 1 aliphatic heterocycles. The van der Waals surface area contributed by atoms with Crippen LogP contribution < -0.4 is 10.2 Å². The van der Waals surface area contributed by atoms with E-state index in [1.54, 1.807) is 6.26 Å². The Kier molecular flexibility index (Phi) is 6.22. The molecule has 0 saturated heterocycles. The molecule has 1 N–H and O–H groups in total. The summed E-state index contributed by atoms with van der Waals surface area (Å²) in [6, 6.07) is 10.6. The van der Waals surface area contributed by atoms with Gasteiger partial charge >= 0.3 is 0 Å². The number of nitrogens with zero attached hydrogens (tertiary/aromatic N) is 5. The maximum atomic E-state index is 13.1. The molecule has 1 aliphatic carbocycles. The highest BCUT2D eigenvalue weighted by atomic mass is 16.5. The zero-order valence-corrected chi connectivity index (χ0v) is 20.1. The van der Waals surface area contributed by atoms with E-state index in [2.05, 4.69) is 39.7 Å². The summed E-state index contributed by atoms with van der Waals surface area (Å²) in [6.07, 6.45) is 8.10. The largest absolute Gasteiger partial charge is 0.364 e. The number of hydrogen-bond acceptors (Lipinski definition) is 7. The normalized spacial score (nSPS) is 16.2. The molecule has 34 heavy (non-hydrogen) atoms. The molecule has 0 bridgehead atoms. The predicted octanol–water partition coefficient (Wildman–Crippen LogP) is 5.26. The minimum absolute atomic E-state index is 0.0563. The van der Waals surface area contributed by atoms with Crippen molar-refractivity contribution in [1.82, 2.24) is 20.0 Å². The van der Waals surface area contributed by atoms with Crippen LogP contribution in [0.2, 0.25) is 0 Å². The first-order valence-corrected chi connectivity index (χ1v) is 12.2. The molecule has 8 nitrogen and oxygen atoms in total. The summed E-state index contributed by atoms with van der Waals surface area (Å²) >= 11 is 0. The van der Waals surface area contributed by atoms with E-state index < -0.39 is 0 Å². The van der Waals surface area contributed by atoms with Gasteiger partial charge in [-0.1, -0.05) is 36.6 Å². The fraction of sp³-hybridized carbons (Fsp3) is 0.462. The highest BCUT2D eigenvalue weighted by Gasteiger charge is 2.34. The number of anilines is 3. The second-order valence-electron chi connectivity index (χ2n) is 9.65. The molecule has 1 aromatic carbocycles. The minimum atomic E-state index is -0.0563. The van der Waals surface area contributed by atoms with Gasteiger partial charge in [0, 0.05) is 30.4 Å². The van der Waals surface area contributed by atoms with Crippen LogP contribution in [0.15, 0.2) is 41.1 Å². The molecule has 178 valence electrons. The lowest BCUT2D eigenvalue weighted by Gasteiger charge is -2.22. The molecular weight excluding hydrogens is 428 g/mol. The van der Waals surface area contributed by atoms with E-state index >= 15 is 0 Å². The molecule has 3 aromatic rings. The van der Waals surface area contributed by atoms with Crippen molar-refractivity contribution in [1.29, 1.82) is 0 Å². The second kappa shape index (κ2) is 9.44. The third-order valence-corrected chi connectivity index (χ3v) is 6.89. The van der Waals surface area contributed by atoms with Crippen LogP contribution >= 0.6 is 0 Å². The summed E-state index contributed by atoms with van der Waals surface area (Å²) in [5, 5.41) is 7.46. The number of carbonyl (C=O) groups is 1. The van der Waals surface area contributed by atoms with Gasteiger partial charge in [0.25, 0.3) is 5.91 Å². The van der Waals surface area contributed by atoms with Crippen molar-refractivity contribution in [3.8, 4) is 0 Å². The van der Waals surface area contributed by atoms with Crippen LogP contribution in [0.25, 0.3) is 0 Å². The summed E-state index contributed by atoms with van der Waals surface area (Å²) in [5.74, 6) is 1.76. The third kappa shape index (κ3) is 4.49. The molecule has 5 rings (SSSR count). The van der Waals surface area contributed by atoms with E-state index in [9.17, 15) is 4.79 Å². The molecule has 8 heteroatoms. The Labute approximate surface area is 200 Å². The quantitative estimate of drug-likeness (QED) is 0.515. The third-order valence-electron chi connectivity index (χ3n) is 6.89. The molecule has 3 heterocycles. The number of benzene rings is 1. The van der Waals surface area contributed by atoms with Gasteiger partial charge in [-0.3, -0.25) is 4.79 Å². The number of rotatable bonds is 7. The number of amides is 1. The van der Waals surface area contributed by atoms with Crippen LogP contribution in [-0.4, -0.2) is 39.0 Å². The maximum Gasteiger partial charge on any atom is 0.273 e. The van der Waals surface area contributed by atoms with Gasteiger partial charge in [0.15, 0.2) is 0 Å². The van der Waals surface area contributed by atoms with Gasteiger partial charge in [-0.15, -0.1) is 0 Å². The van der Waals surface area contributed by atoms with Crippen molar-refractivity contribution < 1.29 is 9.32 Å². The van der Waals surface area contributed by atoms with Crippen LogP contribution in [-0.2, 0) is 13.1 Å². The fourth-order valence-electron chi connectivity index (χ4n) is 4.91. The Morgan fingerprint density at radius 3 is 2.56 bits per heavy atom. The summed E-state index contributed by atoms with van der Waals surface area (Å²) in [7, 11) is 1.89. The van der Waals surface area contributed by atoms with Crippen LogP contribution in [0.3, 0.4) is 0 Å². The summed E-state index contributed by atoms with van der Waals surface area (Å²) in [4.78, 5) is 26.3. The SMILES string of the molecule is CC(C)N1Cc2c(Nc3ccc(C4CCCCC4)cc3)nc(N(C)Cc3ccon3)nc2C1=O. The number of aromatic nitrogens is 3. The molecule has 0 atom stereocenters. The number of nitrogens with one attached hydrogen (secondary N) is 1. The topological polar surface area (TPSA) is 87.4 Å². The van der Waals surface area contributed by atoms with Crippen molar-refractivity contribution in [2.45, 2.75) is 71.0 Å². The lowest BCUT2D eigenvalue weighted by Crippen LogP contribution is -2.31. The molecule has 2 aliphatic rings. The first kappa shape index (κ1) is 22.4. The average Bonchev–Trinajstić information content (AvgIpc) is 3.48. The first-order valence-electron chi connectivity index (χ1n) is 12.2. The van der Waals surface area contributed by atoms with E-state index in [-0.39, 0.29) is 11.9 Å². The van der Waals surface area contributed by atoms with E-state index in [1.165, 1.54) is 37.7 Å². The Morgan fingerprint density at radius 2 is 1.88 bits per heavy atom. The average molecular weight is 461 g/mol. The molecular formula is C26H32N6O2. The molecule has 0 unspecified atom stereocenters. The highest BCUT2D eigenvalue weighted by Crippen LogP contribution is 2.35. The van der Waals surface area contributed by atoms with E-state index in [0.717, 1.165) is 16.9 Å². The van der Waals surface area contributed by atoms with E-state index in [1.807, 2.05) is 36.8 Å². The first-order chi connectivity index (χ1) is 16.5. The van der Waals surface area contributed by atoms with Gasteiger partial charge in [0.2, 0.25) is 5.95 Å². The number of hydrogen-bond donors (Lipinski definition) is 1. The van der Waals surface area contributed by atoms with E-state index in [4.69, 9.17) is 9.51 Å².